The quantitative estimate of drug-likeness (QED) is 0.0317. The van der Waals surface area contributed by atoms with Crippen LogP contribution in [0, 0.1) is 0 Å². The SMILES string of the molecule is CCCCC/C=C\CCCCCC(O)CC(=O)NC(COP(=O)(O)OC1C(O)C(O)C(O)C(O)C1O)C(O)/C=C/CC/C=C/CCCCCC. The van der Waals surface area contributed by atoms with Crippen LogP contribution in [0.1, 0.15) is 123 Å². The molecule has 1 aliphatic rings. The second kappa shape index (κ2) is 27.2. The fraction of sp³-hybridized carbons (Fsp3) is 0.806. The van der Waals surface area contributed by atoms with Gasteiger partial charge in [-0.2, -0.15) is 0 Å². The first-order valence-corrected chi connectivity index (χ1v) is 20.0. The van der Waals surface area contributed by atoms with Crippen molar-refractivity contribution in [2.75, 3.05) is 6.61 Å². The Morgan fingerprint density at radius 2 is 1.18 bits per heavy atom. The summed E-state index contributed by atoms with van der Waals surface area (Å²) in [4.78, 5) is 23.2. The van der Waals surface area contributed by atoms with Crippen molar-refractivity contribution in [2.45, 2.75) is 178 Å². The number of carbonyl (C=O) groups is 1. The molecule has 0 aromatic rings. The maximum Gasteiger partial charge on any atom is 0.472 e. The zero-order valence-electron chi connectivity index (χ0n) is 30.0. The number of phosphoric acid groups is 1. The summed E-state index contributed by atoms with van der Waals surface area (Å²) in [6.07, 6.45) is 12.8. The van der Waals surface area contributed by atoms with Gasteiger partial charge in [0.25, 0.3) is 0 Å². The van der Waals surface area contributed by atoms with E-state index in [2.05, 4.69) is 43.5 Å². The highest BCUT2D eigenvalue weighted by atomic mass is 31.2. The van der Waals surface area contributed by atoms with Gasteiger partial charge in [0.15, 0.2) is 0 Å². The van der Waals surface area contributed by atoms with Gasteiger partial charge in [-0.05, 0) is 57.8 Å². The third kappa shape index (κ3) is 19.9. The van der Waals surface area contributed by atoms with Crippen molar-refractivity contribution in [1.82, 2.24) is 5.32 Å². The fourth-order valence-corrected chi connectivity index (χ4v) is 6.51. The summed E-state index contributed by atoms with van der Waals surface area (Å²) < 4.78 is 22.6. The van der Waals surface area contributed by atoms with E-state index in [4.69, 9.17) is 9.05 Å². The highest BCUT2D eigenvalue weighted by Crippen LogP contribution is 2.47. The molecular formula is C36H66NO12P. The van der Waals surface area contributed by atoms with Gasteiger partial charge in [0, 0.05) is 0 Å². The Bertz CT molecular complexity index is 1010. The molecule has 292 valence electrons. The Hall–Kier alpha value is -1.48. The predicted molar refractivity (Wildman–Crippen MR) is 192 cm³/mol. The average Bonchev–Trinajstić information content (AvgIpc) is 3.08. The average molecular weight is 736 g/mol. The molecule has 9 N–H and O–H groups in total. The van der Waals surface area contributed by atoms with E-state index in [-0.39, 0.29) is 6.42 Å². The number of hydrogen-bond donors (Lipinski definition) is 9. The molecule has 0 spiro atoms. The molecule has 1 fully saturated rings. The molecule has 50 heavy (non-hydrogen) atoms. The summed E-state index contributed by atoms with van der Waals surface area (Å²) in [6, 6.07) is -1.26. The number of phosphoric ester groups is 1. The lowest BCUT2D eigenvalue weighted by Crippen LogP contribution is -2.64. The van der Waals surface area contributed by atoms with Crippen LogP contribution in [0.15, 0.2) is 36.5 Å². The molecule has 1 aliphatic carbocycles. The molecule has 0 radical (unpaired) electrons. The summed E-state index contributed by atoms with van der Waals surface area (Å²) in [7, 11) is -5.14. The zero-order valence-corrected chi connectivity index (χ0v) is 30.9. The zero-order chi connectivity index (χ0) is 37.4. The van der Waals surface area contributed by atoms with E-state index in [1.54, 1.807) is 6.08 Å². The predicted octanol–water partition coefficient (Wildman–Crippen LogP) is 3.85. The highest BCUT2D eigenvalue weighted by molar-refractivity contribution is 7.47. The molecular weight excluding hydrogens is 669 g/mol. The lowest BCUT2D eigenvalue weighted by molar-refractivity contribution is -0.220. The van der Waals surface area contributed by atoms with Crippen LogP contribution in [-0.4, -0.2) is 108 Å². The van der Waals surface area contributed by atoms with Gasteiger partial charge >= 0.3 is 7.82 Å². The van der Waals surface area contributed by atoms with Crippen LogP contribution in [0.4, 0.5) is 0 Å². The molecule has 14 heteroatoms. The van der Waals surface area contributed by atoms with Crippen LogP contribution >= 0.6 is 7.82 Å². The first-order valence-electron chi connectivity index (χ1n) is 18.5. The van der Waals surface area contributed by atoms with Crippen LogP contribution in [0.3, 0.4) is 0 Å². The summed E-state index contributed by atoms with van der Waals surface area (Å²) in [5, 5.41) is 73.8. The van der Waals surface area contributed by atoms with Gasteiger partial charge in [-0.3, -0.25) is 13.8 Å². The van der Waals surface area contributed by atoms with E-state index in [0.717, 1.165) is 51.4 Å². The minimum Gasteiger partial charge on any atom is -0.393 e. The standard InChI is InChI=1S/C36H66NO12P/c1-3-5-7-9-11-13-15-17-19-21-23-27(38)25-30(40)37-28(29(39)24-22-20-18-16-14-12-10-8-6-4-2)26-48-50(46,47)49-36-34(44)32(42)31(41)33(43)35(36)45/h11,13-14,16,22,24,27-29,31-36,38-39,41-45H,3-10,12,15,17-21,23,25-26H2,1-2H3,(H,37,40)(H,46,47)/b13-11-,16-14+,24-22+. The molecule has 1 rings (SSSR count). The molecule has 1 saturated carbocycles. The van der Waals surface area contributed by atoms with Gasteiger partial charge in [-0.25, -0.2) is 4.57 Å². The number of aliphatic hydroxyl groups excluding tert-OH is 7. The number of carbonyl (C=O) groups excluding carboxylic acids is 1. The van der Waals surface area contributed by atoms with Gasteiger partial charge in [0.1, 0.15) is 36.6 Å². The number of hydrogen-bond acceptors (Lipinski definition) is 11. The monoisotopic (exact) mass is 735 g/mol. The molecule has 13 nitrogen and oxygen atoms in total. The van der Waals surface area contributed by atoms with E-state index in [1.165, 1.54) is 44.6 Å². The largest absolute Gasteiger partial charge is 0.472 e. The third-order valence-corrected chi connectivity index (χ3v) is 9.68. The maximum atomic E-state index is 12.8. The van der Waals surface area contributed by atoms with Gasteiger partial charge in [-0.15, -0.1) is 0 Å². The number of rotatable bonds is 28. The molecule has 0 heterocycles. The number of amides is 1. The van der Waals surface area contributed by atoms with Gasteiger partial charge in [-0.1, -0.05) is 95.2 Å². The minimum atomic E-state index is -5.14. The molecule has 0 aromatic heterocycles. The fourth-order valence-electron chi connectivity index (χ4n) is 5.54. The van der Waals surface area contributed by atoms with Crippen molar-refractivity contribution < 1.29 is 59.0 Å². The van der Waals surface area contributed by atoms with Crippen LogP contribution in [0.25, 0.3) is 0 Å². The smallest absolute Gasteiger partial charge is 0.393 e. The lowest BCUT2D eigenvalue weighted by Gasteiger charge is -2.41. The first-order chi connectivity index (χ1) is 23.8. The summed E-state index contributed by atoms with van der Waals surface area (Å²) in [5.41, 5.74) is 0. The number of aliphatic hydroxyl groups is 7. The van der Waals surface area contributed by atoms with Crippen molar-refractivity contribution in [3.63, 3.8) is 0 Å². The van der Waals surface area contributed by atoms with E-state index in [9.17, 15) is 50.0 Å². The van der Waals surface area contributed by atoms with Crippen LogP contribution in [0.5, 0.6) is 0 Å². The van der Waals surface area contributed by atoms with Crippen molar-refractivity contribution in [3.8, 4) is 0 Å². The van der Waals surface area contributed by atoms with Gasteiger partial charge in [0.2, 0.25) is 5.91 Å². The van der Waals surface area contributed by atoms with Crippen molar-refractivity contribution in [2.24, 2.45) is 0 Å². The molecule has 0 saturated heterocycles. The van der Waals surface area contributed by atoms with E-state index >= 15 is 0 Å². The molecule has 0 aromatic carbocycles. The Morgan fingerprint density at radius 1 is 0.700 bits per heavy atom. The summed E-state index contributed by atoms with van der Waals surface area (Å²) in [5.74, 6) is -0.619. The van der Waals surface area contributed by atoms with Crippen molar-refractivity contribution in [3.05, 3.63) is 36.5 Å². The normalized spacial score (nSPS) is 26.0. The Labute approximate surface area is 298 Å². The molecule has 0 bridgehead atoms. The Morgan fingerprint density at radius 3 is 1.76 bits per heavy atom. The number of unbranched alkanes of at least 4 members (excludes halogenated alkanes) is 11. The number of allylic oxidation sites excluding steroid dienone is 5. The highest BCUT2D eigenvalue weighted by Gasteiger charge is 2.51. The molecule has 8 unspecified atom stereocenters. The molecule has 0 aliphatic heterocycles. The third-order valence-electron chi connectivity index (χ3n) is 8.70. The van der Waals surface area contributed by atoms with Crippen molar-refractivity contribution >= 4 is 13.7 Å². The van der Waals surface area contributed by atoms with Crippen LogP contribution < -0.4 is 5.32 Å². The van der Waals surface area contributed by atoms with E-state index < -0.39 is 75.2 Å². The van der Waals surface area contributed by atoms with E-state index in [1.807, 2.05) is 0 Å². The minimum absolute atomic E-state index is 0.265. The summed E-state index contributed by atoms with van der Waals surface area (Å²) in [6.45, 7) is 3.58. The lowest BCUT2D eigenvalue weighted by atomic mass is 9.85. The molecule has 1 amide bonds. The van der Waals surface area contributed by atoms with Gasteiger partial charge in [0.05, 0.1) is 31.3 Å². The van der Waals surface area contributed by atoms with Crippen LogP contribution in [0.2, 0.25) is 0 Å². The second-order valence-electron chi connectivity index (χ2n) is 13.2. The van der Waals surface area contributed by atoms with E-state index in [0.29, 0.717) is 12.8 Å². The van der Waals surface area contributed by atoms with Crippen molar-refractivity contribution in [1.29, 1.82) is 0 Å². The van der Waals surface area contributed by atoms with Gasteiger partial charge < -0.3 is 46.0 Å². The summed E-state index contributed by atoms with van der Waals surface area (Å²) >= 11 is 0. The second-order valence-corrected chi connectivity index (χ2v) is 14.6. The Kier molecular flexibility index (Phi) is 25.3. The number of nitrogens with one attached hydrogen (secondary N) is 1. The molecule has 8 atom stereocenters. The maximum absolute atomic E-state index is 12.8. The van der Waals surface area contributed by atoms with Crippen LogP contribution in [-0.2, 0) is 18.4 Å². The first kappa shape index (κ1) is 46.5. The Balaban J connectivity index is 2.73. The topological polar surface area (TPSA) is 226 Å².